The number of ketones is 1. The highest BCUT2D eigenvalue weighted by atomic mass is 16.5. The summed E-state index contributed by atoms with van der Waals surface area (Å²) in [4.78, 5) is 11.3. The predicted octanol–water partition coefficient (Wildman–Crippen LogP) is 4.83. The number of unbranched alkanes of at least 4 members (excludes halogenated alkanes) is 2. The van der Waals surface area contributed by atoms with Gasteiger partial charge in [0.2, 0.25) is 0 Å². The number of ether oxygens (including phenoxy) is 1. The number of carbonyl (C=O) groups excluding carboxylic acids is 1. The lowest BCUT2D eigenvalue weighted by Gasteiger charge is -2.32. The summed E-state index contributed by atoms with van der Waals surface area (Å²) in [5.41, 5.74) is 7.87. The van der Waals surface area contributed by atoms with Gasteiger partial charge in [0.05, 0.1) is 12.2 Å². The molecule has 0 aromatic heterocycles. The molecule has 5 heteroatoms. The Morgan fingerprint density at radius 3 is 2.55 bits per heavy atom. The Morgan fingerprint density at radius 2 is 1.91 bits per heavy atom. The molecular formula is C28H47NO4. The monoisotopic (exact) mass is 461 g/mol. The SMILES string of the molecule is CC(C)(C)N.CCCCC[C@H](O)CC[C@@H]1[C@H]2Cc3cccc(OCC(C)=O)c3C[C@H]2C[C@H]1O. The Morgan fingerprint density at radius 1 is 1.21 bits per heavy atom. The lowest BCUT2D eigenvalue weighted by atomic mass is 9.73. The summed E-state index contributed by atoms with van der Waals surface area (Å²) >= 11 is 0. The summed E-state index contributed by atoms with van der Waals surface area (Å²) in [5.74, 6) is 2.08. The summed E-state index contributed by atoms with van der Waals surface area (Å²) in [6.07, 6.45) is 8.24. The van der Waals surface area contributed by atoms with Crippen LogP contribution in [0, 0.1) is 17.8 Å². The first-order valence-corrected chi connectivity index (χ1v) is 12.9. The first kappa shape index (κ1) is 27.8. The Labute approximate surface area is 201 Å². The largest absolute Gasteiger partial charge is 0.486 e. The topological polar surface area (TPSA) is 92.8 Å². The molecule has 4 N–H and O–H groups in total. The smallest absolute Gasteiger partial charge is 0.167 e. The first-order valence-electron chi connectivity index (χ1n) is 12.9. The molecule has 1 saturated carbocycles. The van der Waals surface area contributed by atoms with Crippen molar-refractivity contribution >= 4 is 5.78 Å². The van der Waals surface area contributed by atoms with Gasteiger partial charge in [-0.15, -0.1) is 0 Å². The van der Waals surface area contributed by atoms with Crippen molar-refractivity contribution in [2.45, 2.75) is 110 Å². The molecule has 0 unspecified atom stereocenters. The van der Waals surface area contributed by atoms with Crippen molar-refractivity contribution in [1.29, 1.82) is 0 Å². The molecule has 0 amide bonds. The van der Waals surface area contributed by atoms with Crippen molar-refractivity contribution in [2.24, 2.45) is 23.5 Å². The first-order chi connectivity index (χ1) is 15.5. The number of carbonyl (C=O) groups is 1. The maximum absolute atomic E-state index is 11.3. The fraction of sp³-hybridized carbons (Fsp3) is 0.750. The zero-order chi connectivity index (χ0) is 24.6. The van der Waals surface area contributed by atoms with Crippen molar-refractivity contribution in [3.05, 3.63) is 29.3 Å². The number of Topliss-reactive ketones (excluding diaryl/α,β-unsaturated/α-hetero) is 1. The second kappa shape index (κ2) is 12.9. The minimum Gasteiger partial charge on any atom is -0.486 e. The van der Waals surface area contributed by atoms with Gasteiger partial charge in [-0.3, -0.25) is 4.79 Å². The van der Waals surface area contributed by atoms with Crippen LogP contribution in [0.25, 0.3) is 0 Å². The van der Waals surface area contributed by atoms with Crippen LogP contribution in [0.3, 0.4) is 0 Å². The van der Waals surface area contributed by atoms with Crippen LogP contribution in [0.2, 0.25) is 0 Å². The number of benzene rings is 1. The number of rotatable bonds is 10. The molecule has 0 spiro atoms. The highest BCUT2D eigenvalue weighted by Gasteiger charge is 2.44. The Hall–Kier alpha value is -1.43. The molecule has 1 aromatic rings. The van der Waals surface area contributed by atoms with Gasteiger partial charge in [-0.25, -0.2) is 0 Å². The minimum atomic E-state index is -0.270. The molecule has 5 atom stereocenters. The van der Waals surface area contributed by atoms with Gasteiger partial charge in [0.1, 0.15) is 12.4 Å². The van der Waals surface area contributed by atoms with E-state index in [9.17, 15) is 15.0 Å². The van der Waals surface area contributed by atoms with Gasteiger partial charge >= 0.3 is 0 Å². The molecule has 1 aromatic carbocycles. The summed E-state index contributed by atoms with van der Waals surface area (Å²) in [7, 11) is 0. The van der Waals surface area contributed by atoms with Crippen molar-refractivity contribution in [3.63, 3.8) is 0 Å². The molecule has 1 fully saturated rings. The van der Waals surface area contributed by atoms with Gasteiger partial charge in [0.25, 0.3) is 0 Å². The van der Waals surface area contributed by atoms with Crippen molar-refractivity contribution in [3.8, 4) is 5.75 Å². The second-order valence-electron chi connectivity index (χ2n) is 11.3. The zero-order valence-corrected chi connectivity index (χ0v) is 21.5. The summed E-state index contributed by atoms with van der Waals surface area (Å²) in [5, 5.41) is 21.0. The van der Waals surface area contributed by atoms with Crippen molar-refractivity contribution in [1.82, 2.24) is 0 Å². The van der Waals surface area contributed by atoms with E-state index in [0.29, 0.717) is 11.8 Å². The average molecular weight is 462 g/mol. The number of nitrogens with two attached hydrogens (primary N) is 1. The van der Waals surface area contributed by atoms with E-state index >= 15 is 0 Å². The molecule has 0 radical (unpaired) electrons. The molecule has 3 rings (SSSR count). The summed E-state index contributed by atoms with van der Waals surface area (Å²) < 4.78 is 5.75. The van der Waals surface area contributed by atoms with E-state index in [1.54, 1.807) is 6.92 Å². The van der Waals surface area contributed by atoms with Crippen molar-refractivity contribution in [2.75, 3.05) is 6.61 Å². The number of aliphatic hydroxyl groups is 2. The quantitative estimate of drug-likeness (QED) is 0.434. The molecule has 2 aliphatic rings. The Balaban J connectivity index is 0.000000696. The van der Waals surface area contributed by atoms with E-state index in [1.807, 2.05) is 32.9 Å². The summed E-state index contributed by atoms with van der Waals surface area (Å²) in [6, 6.07) is 6.12. The van der Waals surface area contributed by atoms with Crippen LogP contribution in [0.1, 0.15) is 90.7 Å². The number of hydrogen-bond acceptors (Lipinski definition) is 5. The van der Waals surface area contributed by atoms with Gasteiger partial charge in [0, 0.05) is 5.54 Å². The molecule has 2 aliphatic carbocycles. The van der Waals surface area contributed by atoms with Crippen molar-refractivity contribution < 1.29 is 19.7 Å². The molecule has 5 nitrogen and oxygen atoms in total. The minimum absolute atomic E-state index is 0. The van der Waals surface area contributed by atoms with E-state index in [2.05, 4.69) is 13.0 Å². The van der Waals surface area contributed by atoms with Gasteiger partial charge in [-0.2, -0.15) is 0 Å². The summed E-state index contributed by atoms with van der Waals surface area (Å²) in [6.45, 7) is 9.73. The van der Waals surface area contributed by atoms with E-state index in [4.69, 9.17) is 10.5 Å². The Bertz CT molecular complexity index is 736. The standard InChI is InChI=1S/C24H36O4.C4H11N/c1-3-4-5-8-19(26)10-11-20-21-12-17-7-6-9-24(28-15-16(2)25)22(17)13-18(21)14-23(20)27;1-4(2,3)5/h6-7,9,18-21,23,26-27H,3-5,8,10-15H2,1-2H3;5H2,1-3H3/t18-,19-,20+,21-,23+;/m0./s1. The fourth-order valence-electron chi connectivity index (χ4n) is 5.28. The van der Waals surface area contributed by atoms with Crippen LogP contribution >= 0.6 is 0 Å². The highest BCUT2D eigenvalue weighted by molar-refractivity contribution is 5.77. The molecule has 0 bridgehead atoms. The highest BCUT2D eigenvalue weighted by Crippen LogP contribution is 2.48. The zero-order valence-electron chi connectivity index (χ0n) is 21.5. The lowest BCUT2D eigenvalue weighted by molar-refractivity contribution is -0.118. The molecular weight excluding hydrogens is 414 g/mol. The van der Waals surface area contributed by atoms with Gasteiger partial charge in [-0.1, -0.05) is 38.3 Å². The Kier molecular flexibility index (Phi) is 10.8. The molecule has 0 heterocycles. The number of hydrogen-bond donors (Lipinski definition) is 3. The normalized spacial score (nSPS) is 24.8. The van der Waals surface area contributed by atoms with E-state index in [1.165, 1.54) is 24.0 Å². The van der Waals surface area contributed by atoms with E-state index in [0.717, 1.165) is 50.7 Å². The van der Waals surface area contributed by atoms with E-state index < -0.39 is 0 Å². The van der Waals surface area contributed by atoms with E-state index in [-0.39, 0.29) is 36.1 Å². The van der Waals surface area contributed by atoms with Gasteiger partial charge in [0.15, 0.2) is 5.78 Å². The maximum atomic E-state index is 11.3. The maximum Gasteiger partial charge on any atom is 0.167 e. The van der Waals surface area contributed by atoms with Gasteiger partial charge < -0.3 is 20.7 Å². The molecule has 188 valence electrons. The van der Waals surface area contributed by atoms with Crippen LogP contribution in [0.5, 0.6) is 5.75 Å². The van der Waals surface area contributed by atoms with Crippen LogP contribution < -0.4 is 10.5 Å². The molecule has 0 aliphatic heterocycles. The fourth-order valence-corrected chi connectivity index (χ4v) is 5.28. The number of fused-ring (bicyclic) bond motifs is 2. The third kappa shape index (κ3) is 9.38. The van der Waals surface area contributed by atoms with Crippen LogP contribution in [0.4, 0.5) is 0 Å². The van der Waals surface area contributed by atoms with Crippen LogP contribution in [0.15, 0.2) is 18.2 Å². The van der Waals surface area contributed by atoms with Crippen LogP contribution in [-0.2, 0) is 17.6 Å². The number of aliphatic hydroxyl groups excluding tert-OH is 2. The predicted molar refractivity (Wildman–Crippen MR) is 134 cm³/mol. The third-order valence-corrected chi connectivity index (χ3v) is 6.75. The van der Waals surface area contributed by atoms with Gasteiger partial charge in [-0.05, 0) is 101 Å². The lowest BCUT2D eigenvalue weighted by Crippen LogP contribution is -2.28. The molecule has 33 heavy (non-hydrogen) atoms. The third-order valence-electron chi connectivity index (χ3n) is 6.75. The average Bonchev–Trinajstić information content (AvgIpc) is 3.02. The van der Waals surface area contributed by atoms with Crippen LogP contribution in [-0.4, -0.2) is 40.4 Å². The second-order valence-corrected chi connectivity index (χ2v) is 11.3. The molecule has 0 saturated heterocycles.